The van der Waals surface area contributed by atoms with Gasteiger partial charge in [0.25, 0.3) is 0 Å². The molecule has 1 rings (SSSR count). The molecule has 1 aromatic carbocycles. The Morgan fingerprint density at radius 2 is 1.75 bits per heavy atom. The number of benzene rings is 1. The number of ether oxygens (including phenoxy) is 1. The van der Waals surface area contributed by atoms with Crippen LogP contribution in [-0.2, 0) is 4.74 Å². The third-order valence-corrected chi connectivity index (χ3v) is 2.45. The first-order valence-electron chi connectivity index (χ1n) is 6.27. The maximum Gasteiger partial charge on any atom is 0.422 e. The van der Waals surface area contributed by atoms with Crippen molar-refractivity contribution in [1.82, 2.24) is 10.9 Å². The zero-order chi connectivity index (χ0) is 15.3. The molecule has 6 nitrogen and oxygen atoms in total. The molecule has 1 aromatic rings. The van der Waals surface area contributed by atoms with Crippen molar-refractivity contribution >= 4 is 12.1 Å². The minimum atomic E-state index is -0.968. The smallest absolute Gasteiger partial charge is 0.422 e. The lowest BCUT2D eigenvalue weighted by atomic mass is 10.1. The van der Waals surface area contributed by atoms with Crippen LogP contribution in [0.5, 0.6) is 0 Å². The van der Waals surface area contributed by atoms with Gasteiger partial charge in [-0.05, 0) is 45.4 Å². The number of carboxylic acid groups (broad SMARTS) is 1. The van der Waals surface area contributed by atoms with Crippen molar-refractivity contribution in [2.24, 2.45) is 0 Å². The second kappa shape index (κ2) is 6.38. The van der Waals surface area contributed by atoms with Crippen LogP contribution in [0.1, 0.15) is 49.7 Å². The van der Waals surface area contributed by atoms with E-state index in [9.17, 15) is 9.59 Å². The first-order valence-corrected chi connectivity index (χ1v) is 6.27. The monoisotopic (exact) mass is 280 g/mol. The number of hydrogen-bond acceptors (Lipinski definition) is 4. The third-order valence-electron chi connectivity index (χ3n) is 2.45. The molecule has 20 heavy (non-hydrogen) atoms. The molecule has 3 N–H and O–H groups in total. The largest absolute Gasteiger partial charge is 0.478 e. The SMILES string of the molecule is C[C@@H](NNC(=O)OC(C)(C)C)c1ccc(C(=O)O)cc1. The lowest BCUT2D eigenvalue weighted by molar-refractivity contribution is 0.0489. The Balaban J connectivity index is 2.52. The molecule has 0 heterocycles. The molecular formula is C14H20N2O4. The number of carbonyl (C=O) groups excluding carboxylic acids is 1. The van der Waals surface area contributed by atoms with E-state index in [0.717, 1.165) is 5.56 Å². The van der Waals surface area contributed by atoms with Crippen molar-refractivity contribution in [2.45, 2.75) is 39.3 Å². The fraction of sp³-hybridized carbons (Fsp3) is 0.429. The second-order valence-electron chi connectivity index (χ2n) is 5.42. The second-order valence-corrected chi connectivity index (χ2v) is 5.42. The first-order chi connectivity index (χ1) is 9.19. The Morgan fingerprint density at radius 1 is 1.20 bits per heavy atom. The van der Waals surface area contributed by atoms with Crippen molar-refractivity contribution in [2.75, 3.05) is 0 Å². The number of carbonyl (C=O) groups is 2. The van der Waals surface area contributed by atoms with Gasteiger partial charge in [0.2, 0.25) is 0 Å². The van der Waals surface area contributed by atoms with E-state index >= 15 is 0 Å². The van der Waals surface area contributed by atoms with E-state index < -0.39 is 17.7 Å². The topological polar surface area (TPSA) is 87.7 Å². The number of carboxylic acids is 1. The molecule has 1 atom stereocenters. The average molecular weight is 280 g/mol. The summed E-state index contributed by atoms with van der Waals surface area (Å²) in [6, 6.07) is 6.24. The van der Waals surface area contributed by atoms with Gasteiger partial charge in [-0.2, -0.15) is 0 Å². The summed E-state index contributed by atoms with van der Waals surface area (Å²) in [6.07, 6.45) is -0.563. The molecule has 0 saturated carbocycles. The maximum absolute atomic E-state index is 11.5. The first kappa shape index (κ1) is 16.0. The van der Waals surface area contributed by atoms with E-state index in [1.807, 2.05) is 6.92 Å². The Kier molecular flexibility index (Phi) is 5.10. The number of hydrogen-bond donors (Lipinski definition) is 3. The minimum absolute atomic E-state index is 0.176. The van der Waals surface area contributed by atoms with Gasteiger partial charge in [0.05, 0.1) is 5.56 Å². The quantitative estimate of drug-likeness (QED) is 0.737. The standard InChI is InChI=1S/C14H20N2O4/c1-9(15-16-13(19)20-14(2,3)4)10-5-7-11(8-6-10)12(17)18/h5-9,15H,1-4H3,(H,16,19)(H,17,18)/t9-/m1/s1. The van der Waals surface area contributed by atoms with Crippen LogP contribution in [0.4, 0.5) is 4.79 Å². The van der Waals surface area contributed by atoms with Gasteiger partial charge < -0.3 is 9.84 Å². The highest BCUT2D eigenvalue weighted by Gasteiger charge is 2.16. The Morgan fingerprint density at radius 3 is 2.20 bits per heavy atom. The molecule has 0 aliphatic carbocycles. The van der Waals surface area contributed by atoms with Gasteiger partial charge in [-0.15, -0.1) is 0 Å². The highest BCUT2D eigenvalue weighted by Crippen LogP contribution is 2.13. The van der Waals surface area contributed by atoms with Crippen LogP contribution in [-0.4, -0.2) is 22.8 Å². The molecule has 1 amide bonds. The number of aromatic carboxylic acids is 1. The van der Waals surface area contributed by atoms with Gasteiger partial charge in [-0.3, -0.25) is 5.43 Å². The summed E-state index contributed by atoms with van der Waals surface area (Å²) in [5, 5.41) is 8.81. The Hall–Kier alpha value is -2.08. The zero-order valence-corrected chi connectivity index (χ0v) is 12.1. The van der Waals surface area contributed by atoms with E-state index in [4.69, 9.17) is 9.84 Å². The molecule has 6 heteroatoms. The number of rotatable bonds is 4. The third kappa shape index (κ3) is 5.27. The highest BCUT2D eigenvalue weighted by molar-refractivity contribution is 5.87. The molecule has 0 spiro atoms. The molecule has 110 valence electrons. The predicted octanol–water partition coefficient (Wildman–Crippen LogP) is 2.48. The summed E-state index contributed by atoms with van der Waals surface area (Å²) in [5.41, 5.74) is 5.76. The summed E-state index contributed by atoms with van der Waals surface area (Å²) in [4.78, 5) is 22.2. The van der Waals surface area contributed by atoms with E-state index in [1.165, 1.54) is 12.1 Å². The number of nitrogens with one attached hydrogen (secondary N) is 2. The van der Waals surface area contributed by atoms with Crippen molar-refractivity contribution in [1.29, 1.82) is 0 Å². The van der Waals surface area contributed by atoms with Gasteiger partial charge in [-0.25, -0.2) is 15.0 Å². The summed E-state index contributed by atoms with van der Waals surface area (Å²) >= 11 is 0. The normalized spacial score (nSPS) is 12.6. The lowest BCUT2D eigenvalue weighted by Crippen LogP contribution is -2.42. The van der Waals surface area contributed by atoms with Gasteiger partial charge in [0.1, 0.15) is 5.60 Å². The van der Waals surface area contributed by atoms with E-state index in [0.29, 0.717) is 0 Å². The molecule has 0 unspecified atom stereocenters. The van der Waals surface area contributed by atoms with Crippen molar-refractivity contribution in [3.63, 3.8) is 0 Å². The van der Waals surface area contributed by atoms with Crippen LogP contribution in [0.15, 0.2) is 24.3 Å². The van der Waals surface area contributed by atoms with Gasteiger partial charge in [0.15, 0.2) is 0 Å². The predicted molar refractivity (Wildman–Crippen MR) is 74.3 cm³/mol. The van der Waals surface area contributed by atoms with Crippen LogP contribution in [0, 0.1) is 0 Å². The molecular weight excluding hydrogens is 260 g/mol. The molecule has 0 saturated heterocycles. The summed E-state index contributed by atoms with van der Waals surface area (Å²) in [5.74, 6) is -0.968. The molecule has 0 bridgehead atoms. The average Bonchev–Trinajstić information content (AvgIpc) is 2.34. The molecule has 0 fully saturated rings. The van der Waals surface area contributed by atoms with Crippen LogP contribution in [0.2, 0.25) is 0 Å². The van der Waals surface area contributed by atoms with Crippen molar-refractivity contribution < 1.29 is 19.4 Å². The van der Waals surface area contributed by atoms with E-state index in [-0.39, 0.29) is 11.6 Å². The van der Waals surface area contributed by atoms with Gasteiger partial charge >= 0.3 is 12.1 Å². The summed E-state index contributed by atoms with van der Waals surface area (Å²) in [7, 11) is 0. The van der Waals surface area contributed by atoms with Crippen LogP contribution in [0.3, 0.4) is 0 Å². The maximum atomic E-state index is 11.5. The molecule has 0 radical (unpaired) electrons. The van der Waals surface area contributed by atoms with Crippen molar-refractivity contribution in [3.8, 4) is 0 Å². The summed E-state index contributed by atoms with van der Waals surface area (Å²) < 4.78 is 5.08. The fourth-order valence-electron chi connectivity index (χ4n) is 1.47. The van der Waals surface area contributed by atoms with Crippen LogP contribution in [0.25, 0.3) is 0 Å². The summed E-state index contributed by atoms with van der Waals surface area (Å²) in [6.45, 7) is 7.18. The highest BCUT2D eigenvalue weighted by atomic mass is 16.6. The lowest BCUT2D eigenvalue weighted by Gasteiger charge is -2.21. The van der Waals surface area contributed by atoms with Gasteiger partial charge in [-0.1, -0.05) is 12.1 Å². The van der Waals surface area contributed by atoms with E-state index in [1.54, 1.807) is 32.9 Å². The van der Waals surface area contributed by atoms with Crippen molar-refractivity contribution in [3.05, 3.63) is 35.4 Å². The number of hydrazine groups is 1. The Bertz CT molecular complexity index is 477. The fourth-order valence-corrected chi connectivity index (χ4v) is 1.47. The van der Waals surface area contributed by atoms with Crippen LogP contribution >= 0.6 is 0 Å². The van der Waals surface area contributed by atoms with Crippen LogP contribution < -0.4 is 10.9 Å². The number of amides is 1. The van der Waals surface area contributed by atoms with Gasteiger partial charge in [0, 0.05) is 6.04 Å². The molecule has 0 aromatic heterocycles. The Labute approximate surface area is 118 Å². The minimum Gasteiger partial charge on any atom is -0.478 e. The molecule has 0 aliphatic heterocycles. The molecule has 0 aliphatic rings. The van der Waals surface area contributed by atoms with E-state index in [2.05, 4.69) is 10.9 Å². The zero-order valence-electron chi connectivity index (χ0n) is 12.1.